The molecule has 3 rings (SSSR count). The molecule has 0 bridgehead atoms. The number of carbonyl (C=O) groups is 1. The summed E-state index contributed by atoms with van der Waals surface area (Å²) in [5.41, 5.74) is 2.59. The number of fused-ring (bicyclic) bond motifs is 1. The zero-order valence-electron chi connectivity index (χ0n) is 13.1. The van der Waals surface area contributed by atoms with Gasteiger partial charge in [0.25, 0.3) is 5.56 Å². The lowest BCUT2D eigenvalue weighted by Gasteiger charge is -2.09. The third kappa shape index (κ3) is 3.07. The molecular formula is C18H14Cl2N2O2. The Bertz CT molecular complexity index is 1030. The van der Waals surface area contributed by atoms with Crippen LogP contribution in [0.25, 0.3) is 10.9 Å². The van der Waals surface area contributed by atoms with Crippen LogP contribution in [0.15, 0.2) is 41.5 Å². The Kier molecular flexibility index (Phi) is 4.43. The normalized spacial score (nSPS) is 11.0. The van der Waals surface area contributed by atoms with Crippen molar-refractivity contribution in [3.8, 4) is 0 Å². The minimum atomic E-state index is -0.345. The van der Waals surface area contributed by atoms with Gasteiger partial charge < -0.3 is 0 Å². The third-order valence-corrected chi connectivity index (χ3v) is 4.35. The number of rotatable bonds is 3. The van der Waals surface area contributed by atoms with Gasteiger partial charge in [0.1, 0.15) is 0 Å². The van der Waals surface area contributed by atoms with Gasteiger partial charge in [0, 0.05) is 10.6 Å². The van der Waals surface area contributed by atoms with E-state index < -0.39 is 0 Å². The largest absolute Gasteiger partial charge is 0.292 e. The van der Waals surface area contributed by atoms with E-state index in [-0.39, 0.29) is 17.9 Å². The molecule has 1 heterocycles. The van der Waals surface area contributed by atoms with Crippen LogP contribution < -0.4 is 5.56 Å². The maximum atomic E-state index is 12.6. The van der Waals surface area contributed by atoms with E-state index in [0.29, 0.717) is 26.5 Å². The van der Waals surface area contributed by atoms with Crippen LogP contribution in [-0.4, -0.2) is 15.3 Å². The summed E-state index contributed by atoms with van der Waals surface area (Å²) < 4.78 is 1.27. The summed E-state index contributed by atoms with van der Waals surface area (Å²) in [7, 11) is 0. The summed E-state index contributed by atoms with van der Waals surface area (Å²) >= 11 is 12.0. The fourth-order valence-electron chi connectivity index (χ4n) is 2.67. The molecule has 0 aliphatic carbocycles. The van der Waals surface area contributed by atoms with Crippen LogP contribution in [0, 0.1) is 13.8 Å². The average molecular weight is 361 g/mol. The van der Waals surface area contributed by atoms with E-state index in [0.717, 1.165) is 11.1 Å². The van der Waals surface area contributed by atoms with Crippen molar-refractivity contribution >= 4 is 39.9 Å². The Hall–Kier alpha value is -2.17. The first-order valence-electron chi connectivity index (χ1n) is 7.31. The number of halogens is 2. The van der Waals surface area contributed by atoms with E-state index in [9.17, 15) is 9.59 Å². The van der Waals surface area contributed by atoms with Crippen molar-refractivity contribution in [3.63, 3.8) is 0 Å². The number of aryl methyl sites for hydroxylation is 2. The first-order valence-corrected chi connectivity index (χ1v) is 8.07. The first kappa shape index (κ1) is 16.7. The monoisotopic (exact) mass is 360 g/mol. The molecular weight excluding hydrogens is 347 g/mol. The summed E-state index contributed by atoms with van der Waals surface area (Å²) in [4.78, 5) is 29.3. The number of benzene rings is 2. The van der Waals surface area contributed by atoms with Gasteiger partial charge in [-0.1, -0.05) is 47.0 Å². The van der Waals surface area contributed by atoms with Crippen molar-refractivity contribution in [3.05, 3.63) is 73.7 Å². The SMILES string of the molecule is Cc1ccc(C(=O)Cn2cnc3c(Cl)cc(Cl)cc3c2=O)c(C)c1. The van der Waals surface area contributed by atoms with Gasteiger partial charge in [0.15, 0.2) is 5.78 Å². The van der Waals surface area contributed by atoms with Crippen LogP contribution in [0.2, 0.25) is 10.0 Å². The Morgan fingerprint density at radius 2 is 1.92 bits per heavy atom. The number of Topliss-reactive ketones (excluding diaryl/α,β-unsaturated/α-hetero) is 1. The Labute approximate surface area is 148 Å². The van der Waals surface area contributed by atoms with E-state index in [1.54, 1.807) is 6.07 Å². The minimum Gasteiger partial charge on any atom is -0.292 e. The minimum absolute atomic E-state index is 0.0875. The fourth-order valence-corrected chi connectivity index (χ4v) is 3.22. The van der Waals surface area contributed by atoms with Crippen molar-refractivity contribution in [2.75, 3.05) is 0 Å². The van der Waals surface area contributed by atoms with Gasteiger partial charge in [-0.15, -0.1) is 0 Å². The number of hydrogen-bond donors (Lipinski definition) is 0. The maximum absolute atomic E-state index is 12.6. The lowest BCUT2D eigenvalue weighted by molar-refractivity contribution is 0.0970. The Balaban J connectivity index is 2.03. The first-order chi connectivity index (χ1) is 11.4. The van der Waals surface area contributed by atoms with Gasteiger partial charge in [-0.25, -0.2) is 4.98 Å². The van der Waals surface area contributed by atoms with Crippen LogP contribution in [0.4, 0.5) is 0 Å². The van der Waals surface area contributed by atoms with Gasteiger partial charge in [0.05, 0.1) is 28.8 Å². The molecule has 1 aromatic heterocycles. The van der Waals surface area contributed by atoms with Crippen LogP contribution in [0.5, 0.6) is 0 Å². The highest BCUT2D eigenvalue weighted by atomic mass is 35.5. The predicted octanol–water partition coefficient (Wildman–Crippen LogP) is 4.20. The molecule has 6 heteroatoms. The van der Waals surface area contributed by atoms with Gasteiger partial charge in [0.2, 0.25) is 0 Å². The molecule has 24 heavy (non-hydrogen) atoms. The number of hydrogen-bond acceptors (Lipinski definition) is 3. The van der Waals surface area contributed by atoms with Crippen LogP contribution >= 0.6 is 23.2 Å². The standard InChI is InChI=1S/C18H14Cl2N2O2/c1-10-3-4-13(11(2)5-10)16(23)8-22-9-21-17-14(18(22)24)6-12(19)7-15(17)20/h3-7,9H,8H2,1-2H3. The number of ketones is 1. The molecule has 3 aromatic rings. The summed E-state index contributed by atoms with van der Waals surface area (Å²) in [5.74, 6) is -0.149. The summed E-state index contributed by atoms with van der Waals surface area (Å²) in [6.07, 6.45) is 1.34. The molecule has 0 atom stereocenters. The van der Waals surface area contributed by atoms with E-state index >= 15 is 0 Å². The summed E-state index contributed by atoms with van der Waals surface area (Å²) in [5, 5.41) is 0.954. The van der Waals surface area contributed by atoms with Gasteiger partial charge in [-0.3, -0.25) is 14.2 Å². The van der Waals surface area contributed by atoms with Crippen LogP contribution in [0.1, 0.15) is 21.5 Å². The molecule has 0 aliphatic heterocycles. The molecule has 0 saturated heterocycles. The molecule has 2 aromatic carbocycles. The van der Waals surface area contributed by atoms with Crippen molar-refractivity contribution < 1.29 is 4.79 Å². The van der Waals surface area contributed by atoms with Crippen molar-refractivity contribution in [1.82, 2.24) is 9.55 Å². The highest BCUT2D eigenvalue weighted by molar-refractivity contribution is 6.38. The lowest BCUT2D eigenvalue weighted by atomic mass is 10.0. The Morgan fingerprint density at radius 1 is 1.17 bits per heavy atom. The number of carbonyl (C=O) groups excluding carboxylic acids is 1. The third-order valence-electron chi connectivity index (χ3n) is 3.84. The summed E-state index contributed by atoms with van der Waals surface area (Å²) in [6, 6.07) is 8.63. The van der Waals surface area contributed by atoms with E-state index in [1.165, 1.54) is 23.0 Å². The quantitative estimate of drug-likeness (QED) is 0.657. The van der Waals surface area contributed by atoms with Crippen molar-refractivity contribution in [1.29, 1.82) is 0 Å². The highest BCUT2D eigenvalue weighted by Gasteiger charge is 2.14. The zero-order valence-corrected chi connectivity index (χ0v) is 14.6. The van der Waals surface area contributed by atoms with E-state index in [4.69, 9.17) is 23.2 Å². The molecule has 0 saturated carbocycles. The lowest BCUT2D eigenvalue weighted by Crippen LogP contribution is -2.25. The second-order valence-corrected chi connectivity index (χ2v) is 6.55. The number of aromatic nitrogens is 2. The topological polar surface area (TPSA) is 52.0 Å². The van der Waals surface area contributed by atoms with Crippen LogP contribution in [0.3, 0.4) is 0 Å². The van der Waals surface area contributed by atoms with E-state index in [2.05, 4.69) is 4.98 Å². The van der Waals surface area contributed by atoms with Crippen LogP contribution in [-0.2, 0) is 6.54 Å². The van der Waals surface area contributed by atoms with Gasteiger partial charge >= 0.3 is 0 Å². The highest BCUT2D eigenvalue weighted by Crippen LogP contribution is 2.24. The predicted molar refractivity (Wildman–Crippen MR) is 96.3 cm³/mol. The van der Waals surface area contributed by atoms with E-state index in [1.807, 2.05) is 26.0 Å². The zero-order chi connectivity index (χ0) is 17.4. The van der Waals surface area contributed by atoms with Gasteiger partial charge in [-0.2, -0.15) is 0 Å². The second kappa shape index (κ2) is 6.38. The fraction of sp³-hybridized carbons (Fsp3) is 0.167. The molecule has 0 spiro atoms. The second-order valence-electron chi connectivity index (χ2n) is 5.70. The van der Waals surface area contributed by atoms with Crippen molar-refractivity contribution in [2.24, 2.45) is 0 Å². The molecule has 0 aliphatic rings. The Morgan fingerprint density at radius 3 is 2.62 bits per heavy atom. The molecule has 0 amide bonds. The molecule has 122 valence electrons. The molecule has 0 N–H and O–H groups in total. The average Bonchev–Trinajstić information content (AvgIpc) is 2.50. The van der Waals surface area contributed by atoms with Gasteiger partial charge in [-0.05, 0) is 31.5 Å². The molecule has 0 fully saturated rings. The molecule has 0 radical (unpaired) electrons. The molecule has 4 nitrogen and oxygen atoms in total. The number of nitrogens with zero attached hydrogens (tertiary/aromatic N) is 2. The smallest absolute Gasteiger partial charge is 0.261 e. The summed E-state index contributed by atoms with van der Waals surface area (Å²) in [6.45, 7) is 3.75. The maximum Gasteiger partial charge on any atom is 0.261 e. The van der Waals surface area contributed by atoms with Crippen molar-refractivity contribution in [2.45, 2.75) is 20.4 Å². The molecule has 0 unspecified atom stereocenters.